The molecule has 108 valence electrons. The molecule has 0 saturated carbocycles. The summed E-state index contributed by atoms with van der Waals surface area (Å²) in [6, 6.07) is 11.7. The normalized spacial score (nSPS) is 13.5. The summed E-state index contributed by atoms with van der Waals surface area (Å²) in [5, 5.41) is 3.60. The third-order valence-corrected chi connectivity index (χ3v) is 4.72. The largest absolute Gasteiger partial charge is 0.316 e. The number of benzene rings is 1. The summed E-state index contributed by atoms with van der Waals surface area (Å²) in [6.45, 7) is 6.94. The summed E-state index contributed by atoms with van der Waals surface area (Å²) in [6.07, 6.45) is 7.65. The molecule has 1 rings (SSSR count). The first-order chi connectivity index (χ1) is 9.25. The SMILES string of the molecule is CCCCCC(NC)C(CC)(CC)c1ccccc1. The fourth-order valence-electron chi connectivity index (χ4n) is 3.42. The Kier molecular flexibility index (Phi) is 7.15. The predicted molar refractivity (Wildman–Crippen MR) is 85.7 cm³/mol. The molecule has 1 N–H and O–H groups in total. The van der Waals surface area contributed by atoms with Gasteiger partial charge in [0.05, 0.1) is 0 Å². The number of hydrogen-bond donors (Lipinski definition) is 1. The summed E-state index contributed by atoms with van der Waals surface area (Å²) in [7, 11) is 2.12. The minimum Gasteiger partial charge on any atom is -0.316 e. The highest BCUT2D eigenvalue weighted by Crippen LogP contribution is 2.37. The Morgan fingerprint density at radius 1 is 1.00 bits per heavy atom. The summed E-state index contributed by atoms with van der Waals surface area (Å²) >= 11 is 0. The lowest BCUT2D eigenvalue weighted by Crippen LogP contribution is -2.46. The maximum Gasteiger partial charge on any atom is 0.0161 e. The second-order valence-electron chi connectivity index (χ2n) is 5.57. The van der Waals surface area contributed by atoms with Crippen molar-refractivity contribution >= 4 is 0 Å². The van der Waals surface area contributed by atoms with E-state index >= 15 is 0 Å². The van der Waals surface area contributed by atoms with E-state index < -0.39 is 0 Å². The Labute approximate surface area is 119 Å². The van der Waals surface area contributed by atoms with Crippen molar-refractivity contribution in [2.24, 2.45) is 0 Å². The second-order valence-corrected chi connectivity index (χ2v) is 5.57. The van der Waals surface area contributed by atoms with Gasteiger partial charge in [-0.25, -0.2) is 0 Å². The molecule has 0 aromatic heterocycles. The maximum atomic E-state index is 3.60. The Hall–Kier alpha value is -0.820. The van der Waals surface area contributed by atoms with Gasteiger partial charge in [0, 0.05) is 11.5 Å². The van der Waals surface area contributed by atoms with E-state index in [1.165, 1.54) is 44.1 Å². The van der Waals surface area contributed by atoms with Crippen LogP contribution in [-0.2, 0) is 5.41 Å². The van der Waals surface area contributed by atoms with Crippen LogP contribution in [0, 0.1) is 0 Å². The van der Waals surface area contributed by atoms with Crippen LogP contribution in [0.5, 0.6) is 0 Å². The van der Waals surface area contributed by atoms with Crippen LogP contribution in [0.2, 0.25) is 0 Å². The fraction of sp³-hybridized carbons (Fsp3) is 0.667. The molecule has 0 amide bonds. The van der Waals surface area contributed by atoms with Gasteiger partial charge in [0.1, 0.15) is 0 Å². The van der Waals surface area contributed by atoms with Crippen LogP contribution in [0.1, 0.15) is 64.9 Å². The number of nitrogens with one attached hydrogen (secondary N) is 1. The van der Waals surface area contributed by atoms with Gasteiger partial charge in [0.2, 0.25) is 0 Å². The van der Waals surface area contributed by atoms with Crippen molar-refractivity contribution in [2.45, 2.75) is 70.8 Å². The number of hydrogen-bond acceptors (Lipinski definition) is 1. The third-order valence-electron chi connectivity index (χ3n) is 4.72. The molecule has 1 nitrogen and oxygen atoms in total. The first-order valence-electron chi connectivity index (χ1n) is 7.97. The first kappa shape index (κ1) is 16.2. The van der Waals surface area contributed by atoms with Crippen LogP contribution in [0.3, 0.4) is 0 Å². The van der Waals surface area contributed by atoms with Crippen molar-refractivity contribution in [3.63, 3.8) is 0 Å². The second kappa shape index (κ2) is 8.37. The molecule has 19 heavy (non-hydrogen) atoms. The summed E-state index contributed by atoms with van der Waals surface area (Å²) in [5.41, 5.74) is 1.78. The molecule has 0 saturated heterocycles. The highest BCUT2D eigenvalue weighted by Gasteiger charge is 2.35. The van der Waals surface area contributed by atoms with Crippen molar-refractivity contribution in [1.82, 2.24) is 5.32 Å². The molecular weight excluding hydrogens is 230 g/mol. The average Bonchev–Trinajstić information content (AvgIpc) is 2.48. The van der Waals surface area contributed by atoms with Gasteiger partial charge in [0.25, 0.3) is 0 Å². The van der Waals surface area contributed by atoms with Crippen LogP contribution in [0.25, 0.3) is 0 Å². The molecule has 0 aliphatic heterocycles. The van der Waals surface area contributed by atoms with E-state index in [1.807, 2.05) is 0 Å². The van der Waals surface area contributed by atoms with Crippen molar-refractivity contribution in [3.8, 4) is 0 Å². The van der Waals surface area contributed by atoms with Crippen molar-refractivity contribution < 1.29 is 0 Å². The lowest BCUT2D eigenvalue weighted by atomic mass is 9.68. The minimum absolute atomic E-state index is 0.281. The lowest BCUT2D eigenvalue weighted by Gasteiger charge is -2.40. The molecule has 1 aromatic carbocycles. The van der Waals surface area contributed by atoms with Crippen molar-refractivity contribution in [3.05, 3.63) is 35.9 Å². The van der Waals surface area contributed by atoms with E-state index in [0.29, 0.717) is 6.04 Å². The van der Waals surface area contributed by atoms with E-state index in [-0.39, 0.29) is 5.41 Å². The zero-order chi connectivity index (χ0) is 14.1. The van der Waals surface area contributed by atoms with Crippen LogP contribution >= 0.6 is 0 Å². The molecular formula is C18H31N. The predicted octanol–water partition coefficient (Wildman–Crippen LogP) is 4.91. The fourth-order valence-corrected chi connectivity index (χ4v) is 3.42. The zero-order valence-corrected chi connectivity index (χ0v) is 13.2. The molecule has 0 fully saturated rings. The van der Waals surface area contributed by atoms with Crippen LogP contribution < -0.4 is 5.32 Å². The quantitative estimate of drug-likeness (QED) is 0.623. The molecule has 0 spiro atoms. The molecule has 0 aliphatic carbocycles. The van der Waals surface area contributed by atoms with Gasteiger partial charge >= 0.3 is 0 Å². The Morgan fingerprint density at radius 2 is 1.63 bits per heavy atom. The number of likely N-dealkylation sites (N-methyl/N-ethyl adjacent to an activating group) is 1. The average molecular weight is 261 g/mol. The third kappa shape index (κ3) is 3.82. The number of unbranched alkanes of at least 4 members (excludes halogenated alkanes) is 2. The lowest BCUT2D eigenvalue weighted by molar-refractivity contribution is 0.264. The molecule has 0 aliphatic rings. The molecule has 0 radical (unpaired) electrons. The van der Waals surface area contributed by atoms with Crippen molar-refractivity contribution in [1.29, 1.82) is 0 Å². The van der Waals surface area contributed by atoms with Gasteiger partial charge in [-0.15, -0.1) is 0 Å². The highest BCUT2D eigenvalue weighted by atomic mass is 14.9. The van der Waals surface area contributed by atoms with Crippen LogP contribution in [-0.4, -0.2) is 13.1 Å². The van der Waals surface area contributed by atoms with Gasteiger partial charge in [-0.05, 0) is 31.9 Å². The van der Waals surface area contributed by atoms with Crippen LogP contribution in [0.4, 0.5) is 0 Å². The molecule has 1 atom stereocenters. The zero-order valence-electron chi connectivity index (χ0n) is 13.2. The smallest absolute Gasteiger partial charge is 0.0161 e. The summed E-state index contributed by atoms with van der Waals surface area (Å²) in [5.74, 6) is 0. The summed E-state index contributed by atoms with van der Waals surface area (Å²) in [4.78, 5) is 0. The topological polar surface area (TPSA) is 12.0 Å². The van der Waals surface area contributed by atoms with Crippen molar-refractivity contribution in [2.75, 3.05) is 7.05 Å². The van der Waals surface area contributed by atoms with Crippen LogP contribution in [0.15, 0.2) is 30.3 Å². The Balaban J connectivity index is 2.95. The molecule has 0 bridgehead atoms. The Morgan fingerprint density at radius 3 is 2.11 bits per heavy atom. The highest BCUT2D eigenvalue weighted by molar-refractivity contribution is 5.27. The van der Waals surface area contributed by atoms with Gasteiger partial charge in [-0.2, -0.15) is 0 Å². The van der Waals surface area contributed by atoms with E-state index in [2.05, 4.69) is 63.5 Å². The van der Waals surface area contributed by atoms with Gasteiger partial charge in [-0.3, -0.25) is 0 Å². The van der Waals surface area contributed by atoms with E-state index in [9.17, 15) is 0 Å². The number of rotatable bonds is 9. The molecule has 1 heteroatoms. The van der Waals surface area contributed by atoms with E-state index in [1.54, 1.807) is 0 Å². The van der Waals surface area contributed by atoms with E-state index in [4.69, 9.17) is 0 Å². The summed E-state index contributed by atoms with van der Waals surface area (Å²) < 4.78 is 0. The van der Waals surface area contributed by atoms with Gasteiger partial charge in [0.15, 0.2) is 0 Å². The first-order valence-corrected chi connectivity index (χ1v) is 7.97. The standard InChI is InChI=1S/C18H31N/c1-5-8-10-15-17(19-4)18(6-2,7-3)16-13-11-9-12-14-16/h9,11-14,17,19H,5-8,10,15H2,1-4H3. The molecule has 1 unspecified atom stereocenters. The van der Waals surface area contributed by atoms with Gasteiger partial charge < -0.3 is 5.32 Å². The maximum absolute atomic E-state index is 3.60. The molecule has 0 heterocycles. The monoisotopic (exact) mass is 261 g/mol. The Bertz CT molecular complexity index is 327. The van der Waals surface area contributed by atoms with Gasteiger partial charge in [-0.1, -0.05) is 70.4 Å². The van der Waals surface area contributed by atoms with E-state index in [0.717, 1.165) is 0 Å². The minimum atomic E-state index is 0.281. The molecule has 1 aromatic rings.